The Morgan fingerprint density at radius 1 is 1.54 bits per heavy atom. The van der Waals surface area contributed by atoms with Crippen molar-refractivity contribution in [2.24, 2.45) is 5.73 Å². The van der Waals surface area contributed by atoms with E-state index < -0.39 is 0 Å². The number of ether oxygens (including phenoxy) is 1. The minimum atomic E-state index is -0.164. The largest absolute Gasteiger partial charge is 0.469 e. The molecular weight excluding hydrogens is 168 g/mol. The predicted molar refractivity (Wildman–Crippen MR) is 50.3 cm³/mol. The Balaban J connectivity index is 2.37. The summed E-state index contributed by atoms with van der Waals surface area (Å²) in [5, 5.41) is 0. The SMILES string of the molecule is COC(=O)CC(CN)N1CCCC1. The molecule has 0 aliphatic carbocycles. The Morgan fingerprint density at radius 3 is 2.62 bits per heavy atom. The minimum Gasteiger partial charge on any atom is -0.469 e. The van der Waals surface area contributed by atoms with Gasteiger partial charge in [-0.2, -0.15) is 0 Å². The summed E-state index contributed by atoms with van der Waals surface area (Å²) < 4.78 is 4.62. The van der Waals surface area contributed by atoms with Crippen LogP contribution in [0, 0.1) is 0 Å². The number of carbonyl (C=O) groups is 1. The Kier molecular flexibility index (Phi) is 4.18. The van der Waals surface area contributed by atoms with E-state index in [9.17, 15) is 4.79 Å². The standard InChI is InChI=1S/C9H18N2O2/c1-13-9(12)6-8(7-10)11-4-2-3-5-11/h8H,2-7,10H2,1H3. The van der Waals surface area contributed by atoms with Gasteiger partial charge in [0.15, 0.2) is 0 Å². The molecule has 1 aliphatic rings. The van der Waals surface area contributed by atoms with E-state index in [-0.39, 0.29) is 12.0 Å². The van der Waals surface area contributed by atoms with E-state index in [0.717, 1.165) is 13.1 Å². The van der Waals surface area contributed by atoms with Crippen molar-refractivity contribution in [1.82, 2.24) is 4.90 Å². The van der Waals surface area contributed by atoms with Gasteiger partial charge in [-0.25, -0.2) is 0 Å². The fraction of sp³-hybridized carbons (Fsp3) is 0.889. The van der Waals surface area contributed by atoms with Crippen molar-refractivity contribution in [3.05, 3.63) is 0 Å². The molecule has 1 unspecified atom stereocenters. The predicted octanol–water partition coefficient (Wildman–Crippen LogP) is -0.0274. The van der Waals surface area contributed by atoms with Crippen LogP contribution in [-0.2, 0) is 9.53 Å². The lowest BCUT2D eigenvalue weighted by molar-refractivity contribution is -0.141. The van der Waals surface area contributed by atoms with E-state index in [0.29, 0.717) is 13.0 Å². The molecule has 0 saturated carbocycles. The van der Waals surface area contributed by atoms with E-state index >= 15 is 0 Å². The number of hydrogen-bond acceptors (Lipinski definition) is 4. The van der Waals surface area contributed by atoms with Gasteiger partial charge in [0.25, 0.3) is 0 Å². The molecule has 1 rings (SSSR count). The molecule has 13 heavy (non-hydrogen) atoms. The highest BCUT2D eigenvalue weighted by molar-refractivity contribution is 5.69. The molecule has 0 radical (unpaired) electrons. The number of nitrogens with two attached hydrogens (primary N) is 1. The van der Waals surface area contributed by atoms with Gasteiger partial charge < -0.3 is 10.5 Å². The van der Waals surface area contributed by atoms with Crippen molar-refractivity contribution >= 4 is 5.97 Å². The number of nitrogens with zero attached hydrogens (tertiary/aromatic N) is 1. The molecule has 0 bridgehead atoms. The molecule has 0 spiro atoms. The van der Waals surface area contributed by atoms with Crippen molar-refractivity contribution in [3.63, 3.8) is 0 Å². The average Bonchev–Trinajstić information content (AvgIpc) is 2.66. The quantitative estimate of drug-likeness (QED) is 0.627. The second kappa shape index (κ2) is 5.19. The number of hydrogen-bond donors (Lipinski definition) is 1. The van der Waals surface area contributed by atoms with Gasteiger partial charge in [0.1, 0.15) is 0 Å². The van der Waals surface area contributed by atoms with Gasteiger partial charge in [-0.15, -0.1) is 0 Å². The van der Waals surface area contributed by atoms with Crippen LogP contribution in [0.2, 0.25) is 0 Å². The molecule has 1 fully saturated rings. The number of likely N-dealkylation sites (tertiary alicyclic amines) is 1. The summed E-state index contributed by atoms with van der Waals surface area (Å²) in [4.78, 5) is 13.3. The topological polar surface area (TPSA) is 55.6 Å². The van der Waals surface area contributed by atoms with Gasteiger partial charge >= 0.3 is 5.97 Å². The van der Waals surface area contributed by atoms with Crippen LogP contribution in [0.1, 0.15) is 19.3 Å². The van der Waals surface area contributed by atoms with E-state index in [1.54, 1.807) is 0 Å². The molecule has 1 saturated heterocycles. The van der Waals surface area contributed by atoms with Crippen LogP contribution >= 0.6 is 0 Å². The summed E-state index contributed by atoms with van der Waals surface area (Å²) in [5.41, 5.74) is 5.61. The Morgan fingerprint density at radius 2 is 2.15 bits per heavy atom. The van der Waals surface area contributed by atoms with Gasteiger partial charge in [-0.1, -0.05) is 0 Å². The van der Waals surface area contributed by atoms with Crippen LogP contribution in [-0.4, -0.2) is 43.7 Å². The third-order valence-corrected chi connectivity index (χ3v) is 2.56. The lowest BCUT2D eigenvalue weighted by Crippen LogP contribution is -2.40. The molecule has 1 atom stereocenters. The first kappa shape index (κ1) is 10.5. The summed E-state index contributed by atoms with van der Waals surface area (Å²) in [6.07, 6.45) is 2.86. The molecular formula is C9H18N2O2. The molecule has 2 N–H and O–H groups in total. The van der Waals surface area contributed by atoms with Crippen molar-refractivity contribution < 1.29 is 9.53 Å². The average molecular weight is 186 g/mol. The second-order valence-corrected chi connectivity index (χ2v) is 3.41. The van der Waals surface area contributed by atoms with Crippen LogP contribution in [0.5, 0.6) is 0 Å². The van der Waals surface area contributed by atoms with E-state index in [1.807, 2.05) is 0 Å². The summed E-state index contributed by atoms with van der Waals surface area (Å²) in [5.74, 6) is -0.164. The molecule has 0 amide bonds. The molecule has 4 nitrogen and oxygen atoms in total. The van der Waals surface area contributed by atoms with Crippen molar-refractivity contribution in [2.75, 3.05) is 26.7 Å². The zero-order valence-corrected chi connectivity index (χ0v) is 8.16. The van der Waals surface area contributed by atoms with Crippen molar-refractivity contribution in [2.45, 2.75) is 25.3 Å². The lowest BCUT2D eigenvalue weighted by Gasteiger charge is -2.24. The molecule has 0 aromatic rings. The molecule has 76 valence electrons. The Labute approximate surface area is 79.0 Å². The normalized spacial score (nSPS) is 20.2. The van der Waals surface area contributed by atoms with Crippen LogP contribution in [0.3, 0.4) is 0 Å². The lowest BCUT2D eigenvalue weighted by atomic mass is 10.2. The highest BCUT2D eigenvalue weighted by Gasteiger charge is 2.22. The third-order valence-electron chi connectivity index (χ3n) is 2.56. The number of methoxy groups -OCH3 is 1. The van der Waals surface area contributed by atoms with Gasteiger partial charge in [0.05, 0.1) is 13.5 Å². The number of rotatable bonds is 4. The monoisotopic (exact) mass is 186 g/mol. The van der Waals surface area contributed by atoms with Gasteiger partial charge in [0, 0.05) is 12.6 Å². The first-order valence-electron chi connectivity index (χ1n) is 4.79. The number of carbonyl (C=O) groups excluding carboxylic acids is 1. The maximum atomic E-state index is 11.0. The first-order chi connectivity index (χ1) is 6.27. The molecule has 1 heterocycles. The maximum Gasteiger partial charge on any atom is 0.307 e. The summed E-state index contributed by atoms with van der Waals surface area (Å²) >= 11 is 0. The van der Waals surface area contributed by atoms with Crippen molar-refractivity contribution in [1.29, 1.82) is 0 Å². The molecule has 0 aromatic carbocycles. The van der Waals surface area contributed by atoms with E-state index in [2.05, 4.69) is 9.64 Å². The second-order valence-electron chi connectivity index (χ2n) is 3.41. The molecule has 0 aromatic heterocycles. The maximum absolute atomic E-state index is 11.0. The zero-order chi connectivity index (χ0) is 9.68. The summed E-state index contributed by atoms with van der Waals surface area (Å²) in [6.45, 7) is 2.67. The summed E-state index contributed by atoms with van der Waals surface area (Å²) in [7, 11) is 1.42. The highest BCUT2D eigenvalue weighted by atomic mass is 16.5. The Bertz CT molecular complexity index is 167. The van der Waals surface area contributed by atoms with Crippen LogP contribution < -0.4 is 5.73 Å². The van der Waals surface area contributed by atoms with Gasteiger partial charge in [0.2, 0.25) is 0 Å². The fourth-order valence-corrected chi connectivity index (χ4v) is 1.74. The summed E-state index contributed by atoms with van der Waals surface area (Å²) in [6, 6.07) is 0.176. The highest BCUT2D eigenvalue weighted by Crippen LogP contribution is 2.13. The van der Waals surface area contributed by atoms with Crippen LogP contribution in [0.15, 0.2) is 0 Å². The smallest absolute Gasteiger partial charge is 0.307 e. The van der Waals surface area contributed by atoms with Gasteiger partial charge in [-0.3, -0.25) is 9.69 Å². The van der Waals surface area contributed by atoms with E-state index in [1.165, 1.54) is 20.0 Å². The van der Waals surface area contributed by atoms with Crippen LogP contribution in [0.25, 0.3) is 0 Å². The molecule has 1 aliphatic heterocycles. The number of esters is 1. The third kappa shape index (κ3) is 2.97. The minimum absolute atomic E-state index is 0.164. The molecule has 4 heteroatoms. The zero-order valence-electron chi connectivity index (χ0n) is 8.16. The van der Waals surface area contributed by atoms with Crippen LogP contribution in [0.4, 0.5) is 0 Å². The van der Waals surface area contributed by atoms with Crippen molar-refractivity contribution in [3.8, 4) is 0 Å². The van der Waals surface area contributed by atoms with Gasteiger partial charge in [-0.05, 0) is 25.9 Å². The van der Waals surface area contributed by atoms with E-state index in [4.69, 9.17) is 5.73 Å². The Hall–Kier alpha value is -0.610. The fourth-order valence-electron chi connectivity index (χ4n) is 1.74. The first-order valence-corrected chi connectivity index (χ1v) is 4.79.